The third-order valence-electron chi connectivity index (χ3n) is 2.65. The van der Waals surface area contributed by atoms with Gasteiger partial charge in [0.2, 0.25) is 0 Å². The van der Waals surface area contributed by atoms with Gasteiger partial charge in [-0.15, -0.1) is 0 Å². The first-order chi connectivity index (χ1) is 8.85. The quantitative estimate of drug-likeness (QED) is 0.741. The largest absolute Gasteiger partial charge is 0.388 e. The van der Waals surface area contributed by atoms with Gasteiger partial charge >= 0.3 is 0 Å². The van der Waals surface area contributed by atoms with E-state index in [2.05, 4.69) is 5.32 Å². The summed E-state index contributed by atoms with van der Waals surface area (Å²) in [7, 11) is 1.55. The number of rotatable bonds is 6. The summed E-state index contributed by atoms with van der Waals surface area (Å²) in [6, 6.07) is 3.95. The van der Waals surface area contributed by atoms with E-state index >= 15 is 0 Å². The van der Waals surface area contributed by atoms with Crippen molar-refractivity contribution in [3.8, 4) is 0 Å². The maximum Gasteiger partial charge on any atom is 0.252 e. The predicted molar refractivity (Wildman–Crippen MR) is 78.6 cm³/mol. The van der Waals surface area contributed by atoms with Gasteiger partial charge < -0.3 is 15.2 Å². The van der Waals surface area contributed by atoms with Gasteiger partial charge in [0.15, 0.2) is 0 Å². The van der Waals surface area contributed by atoms with Crippen LogP contribution in [-0.4, -0.2) is 36.9 Å². The van der Waals surface area contributed by atoms with E-state index in [1.165, 1.54) is 18.2 Å². The minimum absolute atomic E-state index is 0.114. The van der Waals surface area contributed by atoms with Crippen LogP contribution in [-0.2, 0) is 4.74 Å². The third kappa shape index (κ3) is 5.42. The minimum atomic E-state index is -1.03. The Labute approximate surface area is 125 Å². The molecule has 1 amide bonds. The van der Waals surface area contributed by atoms with Crippen LogP contribution in [0.3, 0.4) is 0 Å². The molecule has 0 radical (unpaired) electrons. The van der Waals surface area contributed by atoms with Crippen LogP contribution in [0.2, 0.25) is 0 Å². The average molecular weight is 381 g/mol. The van der Waals surface area contributed by atoms with E-state index in [1.807, 2.05) is 22.6 Å². The van der Waals surface area contributed by atoms with E-state index in [-0.39, 0.29) is 18.3 Å². The van der Waals surface area contributed by atoms with Crippen LogP contribution >= 0.6 is 22.6 Å². The molecule has 0 aromatic heterocycles. The molecule has 2 N–H and O–H groups in total. The molecule has 0 aliphatic carbocycles. The number of hydrogen-bond donors (Lipinski definition) is 2. The number of methoxy groups -OCH3 is 1. The summed E-state index contributed by atoms with van der Waals surface area (Å²) in [5.74, 6) is -0.713. The molecule has 4 nitrogen and oxygen atoms in total. The van der Waals surface area contributed by atoms with Crippen molar-refractivity contribution in [1.82, 2.24) is 5.32 Å². The SMILES string of the molecule is COCCC(C)(O)CNC(=O)c1ccc(F)cc1I. The molecule has 1 rings (SSSR count). The molecule has 0 aliphatic rings. The number of carbonyl (C=O) groups excluding carboxylic acids is 1. The maximum absolute atomic E-state index is 12.9. The highest BCUT2D eigenvalue weighted by Crippen LogP contribution is 2.14. The van der Waals surface area contributed by atoms with Crippen molar-refractivity contribution < 1.29 is 19.0 Å². The second-order valence-corrected chi connectivity index (χ2v) is 5.71. The Morgan fingerprint density at radius 2 is 2.26 bits per heavy atom. The van der Waals surface area contributed by atoms with E-state index in [4.69, 9.17) is 4.74 Å². The molecule has 6 heteroatoms. The number of nitrogens with one attached hydrogen (secondary N) is 1. The first-order valence-electron chi connectivity index (χ1n) is 5.80. The molecule has 0 saturated carbocycles. The Hall–Kier alpha value is -0.730. The fourth-order valence-electron chi connectivity index (χ4n) is 1.45. The van der Waals surface area contributed by atoms with Crippen molar-refractivity contribution in [1.29, 1.82) is 0 Å². The van der Waals surface area contributed by atoms with Crippen molar-refractivity contribution >= 4 is 28.5 Å². The number of amides is 1. The molecule has 1 atom stereocenters. The predicted octanol–water partition coefficient (Wildman–Crippen LogP) is 1.95. The van der Waals surface area contributed by atoms with Crippen LogP contribution in [0.15, 0.2) is 18.2 Å². The molecule has 0 heterocycles. The van der Waals surface area contributed by atoms with Crippen LogP contribution in [0, 0.1) is 9.39 Å². The highest BCUT2D eigenvalue weighted by molar-refractivity contribution is 14.1. The Morgan fingerprint density at radius 3 is 2.84 bits per heavy atom. The third-order valence-corrected chi connectivity index (χ3v) is 3.54. The summed E-state index contributed by atoms with van der Waals surface area (Å²) in [6.07, 6.45) is 0.421. The standard InChI is InChI=1S/C13H17FINO3/c1-13(18,5-6-19-2)8-16-12(17)10-4-3-9(14)7-11(10)15/h3-4,7,18H,5-6,8H2,1-2H3,(H,16,17). The average Bonchev–Trinajstić information content (AvgIpc) is 2.34. The number of hydrogen-bond acceptors (Lipinski definition) is 3. The summed E-state index contributed by atoms with van der Waals surface area (Å²) >= 11 is 1.90. The second kappa shape index (κ2) is 7.16. The number of ether oxygens (including phenoxy) is 1. The Bertz CT molecular complexity index is 452. The monoisotopic (exact) mass is 381 g/mol. The van der Waals surface area contributed by atoms with Gasteiger partial charge in [-0.05, 0) is 47.7 Å². The second-order valence-electron chi connectivity index (χ2n) is 4.55. The topological polar surface area (TPSA) is 58.6 Å². The van der Waals surface area contributed by atoms with E-state index in [1.54, 1.807) is 14.0 Å². The van der Waals surface area contributed by atoms with Gasteiger partial charge in [-0.25, -0.2) is 4.39 Å². The fraction of sp³-hybridized carbons (Fsp3) is 0.462. The lowest BCUT2D eigenvalue weighted by molar-refractivity contribution is 0.0243. The van der Waals surface area contributed by atoms with Crippen molar-refractivity contribution in [2.45, 2.75) is 18.9 Å². The molecular formula is C13H17FINO3. The fourth-order valence-corrected chi connectivity index (χ4v) is 2.17. The lowest BCUT2D eigenvalue weighted by atomic mass is 10.0. The van der Waals surface area contributed by atoms with Gasteiger partial charge in [0.1, 0.15) is 5.82 Å². The van der Waals surface area contributed by atoms with Crippen LogP contribution in [0.4, 0.5) is 4.39 Å². The molecule has 19 heavy (non-hydrogen) atoms. The molecule has 0 spiro atoms. The zero-order valence-electron chi connectivity index (χ0n) is 10.9. The Morgan fingerprint density at radius 1 is 1.58 bits per heavy atom. The Balaban J connectivity index is 2.60. The number of benzene rings is 1. The summed E-state index contributed by atoms with van der Waals surface area (Å²) in [5.41, 5.74) is -0.638. The molecule has 0 aliphatic heterocycles. The molecular weight excluding hydrogens is 364 g/mol. The summed E-state index contributed by atoms with van der Waals surface area (Å²) in [4.78, 5) is 11.9. The molecule has 106 valence electrons. The van der Waals surface area contributed by atoms with E-state index in [0.29, 0.717) is 22.2 Å². The highest BCUT2D eigenvalue weighted by atomic mass is 127. The summed E-state index contributed by atoms with van der Waals surface area (Å²) in [6.45, 7) is 2.15. The van der Waals surface area contributed by atoms with E-state index in [9.17, 15) is 14.3 Å². The first kappa shape index (κ1) is 16.3. The van der Waals surface area contributed by atoms with E-state index in [0.717, 1.165) is 0 Å². The zero-order chi connectivity index (χ0) is 14.5. The van der Waals surface area contributed by atoms with Crippen molar-refractivity contribution in [3.63, 3.8) is 0 Å². The number of carbonyl (C=O) groups is 1. The molecule has 1 unspecified atom stereocenters. The van der Waals surface area contributed by atoms with Crippen molar-refractivity contribution in [3.05, 3.63) is 33.1 Å². The van der Waals surface area contributed by atoms with Gasteiger partial charge in [0, 0.05) is 30.3 Å². The molecule has 1 aromatic rings. The zero-order valence-corrected chi connectivity index (χ0v) is 13.0. The highest BCUT2D eigenvalue weighted by Gasteiger charge is 2.21. The van der Waals surface area contributed by atoms with Gasteiger partial charge in [-0.3, -0.25) is 4.79 Å². The normalized spacial score (nSPS) is 13.9. The Kier molecular flexibility index (Phi) is 6.15. The van der Waals surface area contributed by atoms with Crippen LogP contribution in [0.5, 0.6) is 0 Å². The van der Waals surface area contributed by atoms with Crippen LogP contribution < -0.4 is 5.32 Å². The van der Waals surface area contributed by atoms with Crippen molar-refractivity contribution in [2.75, 3.05) is 20.3 Å². The summed E-state index contributed by atoms with van der Waals surface area (Å²) < 4.78 is 18.4. The van der Waals surface area contributed by atoms with Gasteiger partial charge in [-0.2, -0.15) is 0 Å². The minimum Gasteiger partial charge on any atom is -0.388 e. The molecule has 0 bridgehead atoms. The van der Waals surface area contributed by atoms with E-state index < -0.39 is 5.60 Å². The summed E-state index contributed by atoms with van der Waals surface area (Å²) in [5, 5.41) is 12.6. The number of aliphatic hydroxyl groups is 1. The smallest absolute Gasteiger partial charge is 0.252 e. The lowest BCUT2D eigenvalue weighted by Gasteiger charge is -2.23. The van der Waals surface area contributed by atoms with Crippen LogP contribution in [0.25, 0.3) is 0 Å². The molecule has 0 fully saturated rings. The van der Waals surface area contributed by atoms with Gasteiger partial charge in [0.05, 0.1) is 11.2 Å². The molecule has 1 aromatic carbocycles. The lowest BCUT2D eigenvalue weighted by Crippen LogP contribution is -2.41. The van der Waals surface area contributed by atoms with Crippen molar-refractivity contribution in [2.24, 2.45) is 0 Å². The maximum atomic E-state index is 12.9. The van der Waals surface area contributed by atoms with Crippen LogP contribution in [0.1, 0.15) is 23.7 Å². The van der Waals surface area contributed by atoms with Gasteiger partial charge in [0.25, 0.3) is 5.91 Å². The first-order valence-corrected chi connectivity index (χ1v) is 6.88. The number of halogens is 2. The van der Waals surface area contributed by atoms with Gasteiger partial charge in [-0.1, -0.05) is 0 Å². The molecule has 0 saturated heterocycles.